The highest BCUT2D eigenvalue weighted by Crippen LogP contribution is 2.13. The SMILES string of the molecule is O=CCc1c(F)cccc1[NH+]=O. The zero-order valence-corrected chi connectivity index (χ0v) is 6.21. The second kappa shape index (κ2) is 3.71. The molecule has 3 nitrogen and oxygen atoms in total. The monoisotopic (exact) mass is 168 g/mol. The Morgan fingerprint density at radius 2 is 2.25 bits per heavy atom. The Bertz CT molecular complexity index is 312. The van der Waals surface area contributed by atoms with Gasteiger partial charge in [-0.05, 0) is 6.07 Å². The zero-order valence-electron chi connectivity index (χ0n) is 6.21. The summed E-state index contributed by atoms with van der Waals surface area (Å²) in [6.45, 7) is 0. The van der Waals surface area contributed by atoms with Gasteiger partial charge in [-0.15, -0.1) is 0 Å². The van der Waals surface area contributed by atoms with Gasteiger partial charge < -0.3 is 4.79 Å². The first-order chi connectivity index (χ1) is 5.79. The Morgan fingerprint density at radius 3 is 2.83 bits per heavy atom. The number of nitrogens with one attached hydrogen (secondary N) is 1. The molecule has 0 heterocycles. The zero-order chi connectivity index (χ0) is 8.97. The summed E-state index contributed by atoms with van der Waals surface area (Å²) in [6, 6.07) is 4.04. The van der Waals surface area contributed by atoms with Crippen LogP contribution < -0.4 is 5.18 Å². The Labute approximate surface area is 68.2 Å². The molecule has 0 saturated heterocycles. The van der Waals surface area contributed by atoms with E-state index < -0.39 is 5.82 Å². The molecule has 0 aliphatic rings. The van der Waals surface area contributed by atoms with Crippen LogP contribution in [-0.4, -0.2) is 6.29 Å². The van der Waals surface area contributed by atoms with Crippen LogP contribution in [-0.2, 0) is 11.2 Å². The molecule has 0 amide bonds. The number of nitroso groups, excluding NO2 is 1. The largest absolute Gasteiger partial charge is 0.303 e. The predicted molar refractivity (Wildman–Crippen MR) is 40.2 cm³/mol. The van der Waals surface area contributed by atoms with E-state index in [1.54, 1.807) is 5.18 Å². The lowest BCUT2D eigenvalue weighted by Crippen LogP contribution is -2.56. The Hall–Kier alpha value is -1.58. The molecule has 4 heteroatoms. The molecule has 1 aromatic rings. The van der Waals surface area contributed by atoms with E-state index in [1.807, 2.05) is 0 Å². The van der Waals surface area contributed by atoms with Crippen molar-refractivity contribution in [2.45, 2.75) is 6.42 Å². The average Bonchev–Trinajstić information content (AvgIpc) is 2.09. The summed E-state index contributed by atoms with van der Waals surface area (Å²) in [6.07, 6.45) is 0.469. The molecule has 0 aliphatic carbocycles. The first-order valence-electron chi connectivity index (χ1n) is 3.38. The molecule has 0 spiro atoms. The third-order valence-corrected chi connectivity index (χ3v) is 1.52. The second-order valence-corrected chi connectivity index (χ2v) is 2.24. The van der Waals surface area contributed by atoms with Crippen LogP contribution in [0.3, 0.4) is 0 Å². The quantitative estimate of drug-likeness (QED) is 0.648. The van der Waals surface area contributed by atoms with Gasteiger partial charge in [0.25, 0.3) is 5.69 Å². The standard InChI is InChI=1S/C8H6FNO2/c9-7-2-1-3-8(10-12)6(7)4-5-11/h1-3,5H,4H2/p+1. The molecule has 0 bridgehead atoms. The highest BCUT2D eigenvalue weighted by Gasteiger charge is 2.12. The molecule has 0 aromatic heterocycles. The maximum atomic E-state index is 12.9. The van der Waals surface area contributed by atoms with Gasteiger partial charge in [-0.1, -0.05) is 6.07 Å². The lowest BCUT2D eigenvalue weighted by atomic mass is 10.1. The Morgan fingerprint density at radius 1 is 1.50 bits per heavy atom. The second-order valence-electron chi connectivity index (χ2n) is 2.24. The molecule has 0 saturated carbocycles. The smallest absolute Gasteiger partial charge is 0.259 e. The van der Waals surface area contributed by atoms with Crippen molar-refractivity contribution < 1.29 is 14.4 Å². The van der Waals surface area contributed by atoms with Crippen molar-refractivity contribution in [3.8, 4) is 0 Å². The minimum Gasteiger partial charge on any atom is -0.303 e. The number of hydrogen-bond donors (Lipinski definition) is 1. The predicted octanol–water partition coefficient (Wildman–Crippen LogP) is 0.0456. The molecule has 0 unspecified atom stereocenters. The van der Waals surface area contributed by atoms with E-state index in [-0.39, 0.29) is 17.7 Å². The van der Waals surface area contributed by atoms with Crippen molar-refractivity contribution in [3.05, 3.63) is 34.5 Å². The number of benzene rings is 1. The van der Waals surface area contributed by atoms with Crippen molar-refractivity contribution in [1.82, 2.24) is 0 Å². The van der Waals surface area contributed by atoms with E-state index in [0.29, 0.717) is 6.29 Å². The van der Waals surface area contributed by atoms with Gasteiger partial charge >= 0.3 is 0 Å². The van der Waals surface area contributed by atoms with Crippen LogP contribution in [0.2, 0.25) is 0 Å². The molecule has 0 fully saturated rings. The van der Waals surface area contributed by atoms with Crippen molar-refractivity contribution in [2.75, 3.05) is 0 Å². The van der Waals surface area contributed by atoms with Crippen LogP contribution in [0.5, 0.6) is 0 Å². The van der Waals surface area contributed by atoms with E-state index in [0.717, 1.165) is 0 Å². The number of carbonyl (C=O) groups is 1. The topological polar surface area (TPSA) is 48.1 Å². The Kier molecular flexibility index (Phi) is 2.63. The minimum absolute atomic E-state index is 0.0861. The van der Waals surface area contributed by atoms with Gasteiger partial charge in [-0.2, -0.15) is 0 Å². The number of rotatable bonds is 3. The van der Waals surface area contributed by atoms with Crippen LogP contribution in [0.15, 0.2) is 18.2 Å². The molecule has 0 atom stereocenters. The van der Waals surface area contributed by atoms with Gasteiger partial charge in [-0.3, -0.25) is 0 Å². The fraction of sp³-hybridized carbons (Fsp3) is 0.125. The number of hydrogen-bond acceptors (Lipinski definition) is 2. The summed E-state index contributed by atoms with van der Waals surface area (Å²) in [7, 11) is 0. The molecular formula is C8H7FNO2+. The normalized spacial score (nSPS) is 9.42. The minimum atomic E-state index is -0.539. The van der Waals surface area contributed by atoms with Crippen LogP contribution in [0.4, 0.5) is 10.1 Å². The molecule has 12 heavy (non-hydrogen) atoms. The summed E-state index contributed by atoms with van der Waals surface area (Å²) in [4.78, 5) is 20.3. The van der Waals surface area contributed by atoms with E-state index in [9.17, 15) is 14.1 Å². The van der Waals surface area contributed by atoms with Crippen LogP contribution >= 0.6 is 0 Å². The maximum Gasteiger partial charge on any atom is 0.259 e. The van der Waals surface area contributed by atoms with E-state index in [1.165, 1.54) is 18.2 Å². The van der Waals surface area contributed by atoms with Crippen molar-refractivity contribution in [2.24, 2.45) is 0 Å². The summed E-state index contributed by atoms with van der Waals surface area (Å²) in [5, 5.41) is 1.57. The van der Waals surface area contributed by atoms with Crippen LogP contribution in [0.25, 0.3) is 0 Å². The highest BCUT2D eigenvalue weighted by atomic mass is 19.1. The molecule has 0 radical (unpaired) electrons. The average molecular weight is 168 g/mol. The van der Waals surface area contributed by atoms with Gasteiger partial charge in [0.05, 0.1) is 5.56 Å². The summed E-state index contributed by atoms with van der Waals surface area (Å²) in [5.41, 5.74) is 0.226. The van der Waals surface area contributed by atoms with Crippen molar-refractivity contribution in [1.29, 1.82) is 0 Å². The van der Waals surface area contributed by atoms with Crippen LogP contribution in [0.1, 0.15) is 5.56 Å². The molecule has 62 valence electrons. The van der Waals surface area contributed by atoms with E-state index in [4.69, 9.17) is 0 Å². The molecule has 1 N–H and O–H groups in total. The van der Waals surface area contributed by atoms with Gasteiger partial charge in [0, 0.05) is 22.6 Å². The summed E-state index contributed by atoms with van der Waals surface area (Å²) >= 11 is 0. The molecule has 1 rings (SSSR count). The summed E-state index contributed by atoms with van der Waals surface area (Å²) in [5.74, 6) is -0.539. The lowest BCUT2D eigenvalue weighted by Gasteiger charge is -1.94. The fourth-order valence-electron chi connectivity index (χ4n) is 0.945. The highest BCUT2D eigenvalue weighted by molar-refractivity contribution is 5.59. The third-order valence-electron chi connectivity index (χ3n) is 1.52. The van der Waals surface area contributed by atoms with Gasteiger partial charge in [0.15, 0.2) is 0 Å². The number of halogens is 1. The maximum absolute atomic E-state index is 12.9. The van der Waals surface area contributed by atoms with Gasteiger partial charge in [0.1, 0.15) is 12.1 Å². The first kappa shape index (κ1) is 8.52. The molecular weight excluding hydrogens is 161 g/mol. The lowest BCUT2D eigenvalue weighted by molar-refractivity contribution is -0.380. The van der Waals surface area contributed by atoms with Gasteiger partial charge in [-0.25, -0.2) is 4.39 Å². The fourth-order valence-corrected chi connectivity index (χ4v) is 0.945. The van der Waals surface area contributed by atoms with Crippen LogP contribution in [0, 0.1) is 10.7 Å². The van der Waals surface area contributed by atoms with Gasteiger partial charge in [0.2, 0.25) is 0 Å². The van der Waals surface area contributed by atoms with E-state index >= 15 is 0 Å². The van der Waals surface area contributed by atoms with E-state index in [2.05, 4.69) is 0 Å². The number of carbonyl (C=O) groups excluding carboxylic acids is 1. The molecule has 1 aromatic carbocycles. The Balaban J connectivity index is 3.18. The third kappa shape index (κ3) is 1.53. The van der Waals surface area contributed by atoms with Crippen molar-refractivity contribution in [3.63, 3.8) is 0 Å². The first-order valence-corrected chi connectivity index (χ1v) is 3.38. The number of aldehydes is 1. The molecule has 0 aliphatic heterocycles. The van der Waals surface area contributed by atoms with Crippen molar-refractivity contribution >= 4 is 12.0 Å². The summed E-state index contributed by atoms with van der Waals surface area (Å²) < 4.78 is 12.9.